The van der Waals surface area contributed by atoms with Crippen molar-refractivity contribution in [2.75, 3.05) is 24.3 Å². The van der Waals surface area contributed by atoms with Gasteiger partial charge in [-0.1, -0.05) is 12.1 Å². The summed E-state index contributed by atoms with van der Waals surface area (Å²) in [6.07, 6.45) is -0.942. The van der Waals surface area contributed by atoms with E-state index in [1.165, 1.54) is 30.3 Å². The Morgan fingerprint density at radius 1 is 0.976 bits per heavy atom. The highest BCUT2D eigenvalue weighted by Gasteiger charge is 2.30. The number of para-hydroxylation sites is 1. The topological polar surface area (TPSA) is 105 Å². The number of fused-ring (bicyclic) bond motifs is 1. The van der Waals surface area contributed by atoms with Crippen LogP contribution in [0.1, 0.15) is 36.8 Å². The lowest BCUT2D eigenvalue weighted by molar-refractivity contribution is -0.384. The summed E-state index contributed by atoms with van der Waals surface area (Å²) in [6.45, 7) is 0.306. The first kappa shape index (κ1) is 29.1. The normalized spacial score (nSPS) is 17.2. The molecule has 0 bridgehead atoms. The van der Waals surface area contributed by atoms with E-state index in [0.717, 1.165) is 54.5 Å². The third-order valence-electron chi connectivity index (χ3n) is 7.31. The zero-order valence-corrected chi connectivity index (χ0v) is 23.2. The number of nitro groups is 1. The average molecular weight is 581 g/mol. The first-order valence-electron chi connectivity index (χ1n) is 13.6. The lowest BCUT2D eigenvalue weighted by atomic mass is 9.91. The molecule has 42 heavy (non-hydrogen) atoms. The second kappa shape index (κ2) is 12.2. The van der Waals surface area contributed by atoms with E-state index in [1.807, 2.05) is 43.3 Å². The van der Waals surface area contributed by atoms with Crippen LogP contribution in [0.5, 0.6) is 11.5 Å². The Kier molecular flexibility index (Phi) is 8.44. The van der Waals surface area contributed by atoms with Gasteiger partial charge < -0.3 is 20.3 Å². The molecule has 2 N–H and O–H groups in total. The molecular formula is C30H31F3N6O3. The van der Waals surface area contributed by atoms with Crippen LogP contribution in [-0.4, -0.2) is 41.1 Å². The molecule has 0 spiro atoms. The monoisotopic (exact) mass is 580 g/mol. The van der Waals surface area contributed by atoms with Gasteiger partial charge in [0.15, 0.2) is 0 Å². The number of nitrogens with zero attached hydrogens (tertiary/aromatic N) is 4. The maximum absolute atomic E-state index is 12.9. The predicted octanol–water partition coefficient (Wildman–Crippen LogP) is 6.93. The van der Waals surface area contributed by atoms with Crippen LogP contribution in [0.3, 0.4) is 0 Å². The van der Waals surface area contributed by atoms with Crippen molar-refractivity contribution in [1.82, 2.24) is 15.3 Å². The second-order valence-electron chi connectivity index (χ2n) is 10.5. The molecule has 1 saturated carbocycles. The second-order valence-corrected chi connectivity index (χ2v) is 10.5. The van der Waals surface area contributed by atoms with Gasteiger partial charge >= 0.3 is 6.18 Å². The zero-order valence-electron chi connectivity index (χ0n) is 23.2. The highest BCUT2D eigenvalue weighted by molar-refractivity contribution is 5.90. The Morgan fingerprint density at radius 3 is 2.33 bits per heavy atom. The Labute approximate surface area is 240 Å². The van der Waals surface area contributed by atoms with Gasteiger partial charge in [-0.15, -0.1) is 0 Å². The Hall–Kier alpha value is -4.45. The molecule has 0 saturated heterocycles. The van der Waals surface area contributed by atoms with E-state index in [1.54, 1.807) is 0 Å². The lowest BCUT2D eigenvalue weighted by Gasteiger charge is -2.30. The molecule has 0 radical (unpaired) electrons. The van der Waals surface area contributed by atoms with Gasteiger partial charge in [0.05, 0.1) is 16.0 Å². The first-order valence-corrected chi connectivity index (χ1v) is 13.6. The number of aromatic nitrogens is 2. The Bertz CT molecular complexity index is 1550. The van der Waals surface area contributed by atoms with E-state index in [2.05, 4.69) is 10.6 Å². The third kappa shape index (κ3) is 6.88. The van der Waals surface area contributed by atoms with Crippen LogP contribution < -0.4 is 20.3 Å². The number of rotatable bonds is 9. The summed E-state index contributed by atoms with van der Waals surface area (Å²) < 4.78 is 44.6. The minimum atomic E-state index is -4.45. The third-order valence-corrected chi connectivity index (χ3v) is 7.31. The number of ether oxygens (including phenoxy) is 1. The SMILES string of the molecule is CN(C)c1nc(NC2CCC(NCc3cc([N+](=O)[O-])ccc3Oc3ccc(C(F)(F)F)cc3)CC2)nc2ccccc12. The van der Waals surface area contributed by atoms with Gasteiger partial charge in [-0.3, -0.25) is 10.1 Å². The van der Waals surface area contributed by atoms with Crippen LogP contribution in [-0.2, 0) is 12.7 Å². The standard InChI is InChI=1S/C30H31F3N6O3/c1-38(2)28-25-5-3-4-6-26(25)36-29(37-28)35-22-11-9-21(10-12-22)34-18-19-17-23(39(40)41)13-16-27(19)42-24-14-7-20(8-15-24)30(31,32)33/h3-8,13-17,21-22,34H,9-12,18H2,1-2H3,(H,35,36,37). The average Bonchev–Trinajstić information content (AvgIpc) is 2.96. The molecule has 1 aliphatic carbocycles. The van der Waals surface area contributed by atoms with Crippen molar-refractivity contribution in [3.05, 3.63) is 88.0 Å². The molecule has 0 aliphatic heterocycles. The van der Waals surface area contributed by atoms with Crippen molar-refractivity contribution in [1.29, 1.82) is 0 Å². The highest BCUT2D eigenvalue weighted by atomic mass is 19.4. The predicted molar refractivity (Wildman–Crippen MR) is 155 cm³/mol. The van der Waals surface area contributed by atoms with Crippen molar-refractivity contribution in [3.63, 3.8) is 0 Å². The summed E-state index contributed by atoms with van der Waals surface area (Å²) in [6, 6.07) is 16.8. The van der Waals surface area contributed by atoms with E-state index < -0.39 is 16.7 Å². The fourth-order valence-corrected chi connectivity index (χ4v) is 5.10. The number of alkyl halides is 3. The molecule has 1 aliphatic rings. The molecule has 0 amide bonds. The van der Waals surface area contributed by atoms with Crippen LogP contribution in [0.25, 0.3) is 10.9 Å². The molecule has 9 nitrogen and oxygen atoms in total. The number of hydrogen-bond donors (Lipinski definition) is 2. The van der Waals surface area contributed by atoms with Crippen molar-refractivity contribution in [3.8, 4) is 11.5 Å². The van der Waals surface area contributed by atoms with E-state index in [4.69, 9.17) is 14.7 Å². The number of benzene rings is 3. The van der Waals surface area contributed by atoms with Gasteiger partial charge in [0, 0.05) is 55.8 Å². The van der Waals surface area contributed by atoms with Crippen LogP contribution >= 0.6 is 0 Å². The smallest absolute Gasteiger partial charge is 0.416 e. The number of anilines is 2. The van der Waals surface area contributed by atoms with Crippen molar-refractivity contribution < 1.29 is 22.8 Å². The molecule has 5 rings (SSSR count). The molecule has 220 valence electrons. The molecule has 1 fully saturated rings. The minimum Gasteiger partial charge on any atom is -0.457 e. The fourth-order valence-electron chi connectivity index (χ4n) is 5.10. The van der Waals surface area contributed by atoms with Gasteiger partial charge in [-0.2, -0.15) is 18.2 Å². The summed E-state index contributed by atoms with van der Waals surface area (Å²) in [5.41, 5.74) is 0.549. The lowest BCUT2D eigenvalue weighted by Crippen LogP contribution is -2.37. The largest absolute Gasteiger partial charge is 0.457 e. The minimum absolute atomic E-state index is 0.0908. The Balaban J connectivity index is 1.21. The molecule has 0 atom stereocenters. The van der Waals surface area contributed by atoms with Gasteiger partial charge in [0.1, 0.15) is 17.3 Å². The van der Waals surface area contributed by atoms with E-state index in [0.29, 0.717) is 23.8 Å². The van der Waals surface area contributed by atoms with Gasteiger partial charge in [0.25, 0.3) is 5.69 Å². The van der Waals surface area contributed by atoms with Crippen molar-refractivity contribution in [2.24, 2.45) is 0 Å². The number of non-ortho nitro benzene ring substituents is 1. The first-order chi connectivity index (χ1) is 20.1. The summed E-state index contributed by atoms with van der Waals surface area (Å²) in [4.78, 5) is 22.3. The molecule has 4 aromatic rings. The van der Waals surface area contributed by atoms with Gasteiger partial charge in [0.2, 0.25) is 5.95 Å². The maximum atomic E-state index is 12.9. The number of halogens is 3. The van der Waals surface area contributed by atoms with Crippen LogP contribution in [0, 0.1) is 10.1 Å². The van der Waals surface area contributed by atoms with E-state index >= 15 is 0 Å². The quantitative estimate of drug-likeness (QED) is 0.162. The van der Waals surface area contributed by atoms with E-state index in [-0.39, 0.29) is 23.5 Å². The maximum Gasteiger partial charge on any atom is 0.416 e. The van der Waals surface area contributed by atoms with Crippen molar-refractivity contribution >= 4 is 28.4 Å². The van der Waals surface area contributed by atoms with E-state index in [9.17, 15) is 23.3 Å². The highest BCUT2D eigenvalue weighted by Crippen LogP contribution is 2.33. The van der Waals surface area contributed by atoms with Crippen molar-refractivity contribution in [2.45, 2.75) is 50.5 Å². The zero-order chi connectivity index (χ0) is 29.9. The van der Waals surface area contributed by atoms with Gasteiger partial charge in [-0.25, -0.2) is 4.98 Å². The van der Waals surface area contributed by atoms with Crippen LogP contribution in [0.2, 0.25) is 0 Å². The molecule has 12 heteroatoms. The van der Waals surface area contributed by atoms with Gasteiger partial charge in [-0.05, 0) is 68.1 Å². The number of nitro benzene ring substituents is 1. The Morgan fingerprint density at radius 2 is 1.67 bits per heavy atom. The molecule has 1 heterocycles. The van der Waals surface area contributed by atoms with Crippen LogP contribution in [0.4, 0.5) is 30.6 Å². The fraction of sp³-hybridized carbons (Fsp3) is 0.333. The molecule has 3 aromatic carbocycles. The summed E-state index contributed by atoms with van der Waals surface area (Å²) in [5.74, 6) is 1.99. The summed E-state index contributed by atoms with van der Waals surface area (Å²) in [7, 11) is 3.91. The summed E-state index contributed by atoms with van der Waals surface area (Å²) >= 11 is 0. The number of hydrogen-bond acceptors (Lipinski definition) is 8. The molecule has 0 unspecified atom stereocenters. The number of nitrogens with one attached hydrogen (secondary N) is 2. The summed E-state index contributed by atoms with van der Waals surface area (Å²) in [5, 5.41) is 19.3. The van der Waals surface area contributed by atoms with Crippen LogP contribution in [0.15, 0.2) is 66.7 Å². The molecular weight excluding hydrogens is 549 g/mol. The molecule has 1 aromatic heterocycles.